The molecular formula is C30H31ClN4O5. The van der Waals surface area contributed by atoms with E-state index in [0.29, 0.717) is 74.6 Å². The number of hydrogen-bond donors (Lipinski definition) is 1. The van der Waals surface area contributed by atoms with E-state index in [1.807, 2.05) is 29.2 Å². The molecule has 0 spiro atoms. The molecule has 0 aromatic heterocycles. The van der Waals surface area contributed by atoms with Gasteiger partial charge in [-0.15, -0.1) is 0 Å². The summed E-state index contributed by atoms with van der Waals surface area (Å²) in [7, 11) is 0. The topological polar surface area (TPSA) is 100 Å². The average molecular weight is 563 g/mol. The van der Waals surface area contributed by atoms with Crippen LogP contribution >= 0.6 is 11.6 Å². The standard InChI is InChI=1S/C30H31ClN4O5/c1-32-30(22-8-2-3-9-23(22)31)14-16-34(17-15-30)27(37)11-4-5-18-40-25-10-6-7-20-21(25)19-35(29(20)39)24-12-13-26(36)33-28(24)38/h2-3,6-10,24H,4-5,11-19H2,(H,33,36,38). The fraction of sp³-hybridized carbons (Fsp3) is 0.433. The first-order valence-corrected chi connectivity index (χ1v) is 14.0. The maximum Gasteiger partial charge on any atom is 0.262 e. The molecule has 2 saturated heterocycles. The Morgan fingerprint density at radius 1 is 1.10 bits per heavy atom. The number of likely N-dealkylation sites (tertiary alicyclic amines) is 1. The Balaban J connectivity index is 1.09. The van der Waals surface area contributed by atoms with Gasteiger partial charge in [-0.3, -0.25) is 24.5 Å². The summed E-state index contributed by atoms with van der Waals surface area (Å²) in [6, 6.07) is 12.1. The minimum atomic E-state index is -0.686. The van der Waals surface area contributed by atoms with Gasteiger partial charge in [-0.1, -0.05) is 29.8 Å². The molecular weight excluding hydrogens is 532 g/mol. The van der Waals surface area contributed by atoms with Crippen molar-refractivity contribution in [1.82, 2.24) is 15.1 Å². The first-order chi connectivity index (χ1) is 19.3. The number of amides is 4. The molecule has 4 amide bonds. The molecule has 3 heterocycles. The second-order valence-corrected chi connectivity index (χ2v) is 10.9. The highest BCUT2D eigenvalue weighted by Crippen LogP contribution is 2.40. The van der Waals surface area contributed by atoms with Gasteiger partial charge in [-0.25, -0.2) is 6.57 Å². The molecule has 208 valence electrons. The van der Waals surface area contributed by atoms with Gasteiger partial charge in [0.25, 0.3) is 11.4 Å². The summed E-state index contributed by atoms with van der Waals surface area (Å²) >= 11 is 6.38. The van der Waals surface area contributed by atoms with E-state index >= 15 is 0 Å². The highest BCUT2D eigenvalue weighted by atomic mass is 35.5. The van der Waals surface area contributed by atoms with Gasteiger partial charge in [0.05, 0.1) is 23.7 Å². The van der Waals surface area contributed by atoms with Crippen molar-refractivity contribution in [2.75, 3.05) is 19.7 Å². The van der Waals surface area contributed by atoms with Crippen LogP contribution in [0.25, 0.3) is 4.85 Å². The molecule has 40 heavy (non-hydrogen) atoms. The number of piperidine rings is 2. The molecule has 0 bridgehead atoms. The number of carbonyl (C=O) groups excluding carboxylic acids is 4. The zero-order chi connectivity index (χ0) is 28.3. The van der Waals surface area contributed by atoms with Crippen molar-refractivity contribution in [3.63, 3.8) is 0 Å². The Morgan fingerprint density at radius 2 is 1.88 bits per heavy atom. The number of fused-ring (bicyclic) bond motifs is 1. The second-order valence-electron chi connectivity index (χ2n) is 10.5. The van der Waals surface area contributed by atoms with Crippen LogP contribution in [0.5, 0.6) is 5.75 Å². The smallest absolute Gasteiger partial charge is 0.262 e. The number of unbranched alkanes of at least 4 members (excludes halogenated alkanes) is 1. The molecule has 2 aromatic carbocycles. The van der Waals surface area contributed by atoms with Crippen LogP contribution < -0.4 is 10.1 Å². The molecule has 1 N–H and O–H groups in total. The number of imide groups is 1. The van der Waals surface area contributed by atoms with Crippen LogP contribution in [-0.2, 0) is 26.5 Å². The van der Waals surface area contributed by atoms with Gasteiger partial charge in [0, 0.05) is 49.9 Å². The number of rotatable bonds is 8. The zero-order valence-corrected chi connectivity index (χ0v) is 22.9. The Kier molecular flexibility index (Phi) is 8.08. The summed E-state index contributed by atoms with van der Waals surface area (Å²) in [4.78, 5) is 56.9. The van der Waals surface area contributed by atoms with E-state index in [1.54, 1.807) is 18.2 Å². The fourth-order valence-electron chi connectivity index (χ4n) is 5.82. The molecule has 1 unspecified atom stereocenters. The lowest BCUT2D eigenvalue weighted by molar-refractivity contribution is -0.137. The first-order valence-electron chi connectivity index (χ1n) is 13.6. The number of hydrogen-bond acceptors (Lipinski definition) is 5. The van der Waals surface area contributed by atoms with Crippen LogP contribution in [0.2, 0.25) is 5.02 Å². The number of nitrogens with zero attached hydrogens (tertiary/aromatic N) is 3. The van der Waals surface area contributed by atoms with Crippen LogP contribution in [0.4, 0.5) is 0 Å². The summed E-state index contributed by atoms with van der Waals surface area (Å²) in [5.74, 6) is -0.329. The van der Waals surface area contributed by atoms with E-state index in [4.69, 9.17) is 22.9 Å². The first kappa shape index (κ1) is 27.7. The van der Waals surface area contributed by atoms with Gasteiger partial charge in [0.2, 0.25) is 17.7 Å². The van der Waals surface area contributed by atoms with Crippen molar-refractivity contribution in [3.8, 4) is 5.75 Å². The Bertz CT molecular complexity index is 1380. The maximum atomic E-state index is 13.0. The summed E-state index contributed by atoms with van der Waals surface area (Å²) in [6.45, 7) is 9.51. The molecule has 0 saturated carbocycles. The molecule has 0 radical (unpaired) electrons. The average Bonchev–Trinajstić information content (AvgIpc) is 3.29. The SMILES string of the molecule is [C-]#[N+]C1(c2ccccc2Cl)CCN(C(=O)CCCCOc2cccc3c2CN(C2CCC(=O)NC2=O)C3=O)CC1. The lowest BCUT2D eigenvalue weighted by atomic mass is 9.81. The van der Waals surface area contributed by atoms with Crippen LogP contribution in [0, 0.1) is 6.57 Å². The third-order valence-electron chi connectivity index (χ3n) is 8.11. The van der Waals surface area contributed by atoms with Crippen molar-refractivity contribution in [1.29, 1.82) is 0 Å². The van der Waals surface area contributed by atoms with Crippen molar-refractivity contribution in [2.45, 2.75) is 63.1 Å². The number of nitrogens with one attached hydrogen (secondary N) is 1. The van der Waals surface area contributed by atoms with E-state index < -0.39 is 17.5 Å². The Labute approximate surface area is 238 Å². The van der Waals surface area contributed by atoms with Crippen molar-refractivity contribution >= 4 is 35.2 Å². The van der Waals surface area contributed by atoms with E-state index in [0.717, 1.165) is 11.1 Å². The highest BCUT2D eigenvalue weighted by Gasteiger charge is 2.44. The summed E-state index contributed by atoms with van der Waals surface area (Å²) in [6.07, 6.45) is 3.35. The lowest BCUT2D eigenvalue weighted by Crippen LogP contribution is -2.52. The van der Waals surface area contributed by atoms with E-state index in [1.165, 1.54) is 4.90 Å². The van der Waals surface area contributed by atoms with Crippen LogP contribution in [-0.4, -0.2) is 59.2 Å². The van der Waals surface area contributed by atoms with Crippen molar-refractivity contribution < 1.29 is 23.9 Å². The molecule has 9 nitrogen and oxygen atoms in total. The molecule has 1 atom stereocenters. The van der Waals surface area contributed by atoms with E-state index in [2.05, 4.69) is 10.2 Å². The molecule has 2 fully saturated rings. The van der Waals surface area contributed by atoms with Gasteiger partial charge >= 0.3 is 0 Å². The summed E-state index contributed by atoms with van der Waals surface area (Å²) in [5, 5.41) is 2.91. The Morgan fingerprint density at radius 3 is 2.60 bits per heavy atom. The largest absolute Gasteiger partial charge is 0.493 e. The third-order valence-corrected chi connectivity index (χ3v) is 8.44. The third kappa shape index (κ3) is 5.41. The van der Waals surface area contributed by atoms with Crippen LogP contribution in [0.3, 0.4) is 0 Å². The van der Waals surface area contributed by atoms with Gasteiger partial charge in [0.15, 0.2) is 0 Å². The Hall–Kier alpha value is -3.90. The van der Waals surface area contributed by atoms with Gasteiger partial charge in [-0.2, -0.15) is 0 Å². The second kappa shape index (κ2) is 11.7. The number of benzene rings is 2. The molecule has 2 aromatic rings. The maximum absolute atomic E-state index is 13.0. The highest BCUT2D eigenvalue weighted by molar-refractivity contribution is 6.31. The van der Waals surface area contributed by atoms with Crippen LogP contribution in [0.15, 0.2) is 42.5 Å². The predicted molar refractivity (Wildman–Crippen MR) is 147 cm³/mol. The number of ether oxygens (including phenoxy) is 1. The van der Waals surface area contributed by atoms with Gasteiger partial charge in [0.1, 0.15) is 11.8 Å². The molecule has 3 aliphatic heterocycles. The molecule has 3 aliphatic rings. The zero-order valence-electron chi connectivity index (χ0n) is 22.2. The number of carbonyl (C=O) groups is 4. The monoisotopic (exact) mass is 562 g/mol. The summed E-state index contributed by atoms with van der Waals surface area (Å²) < 4.78 is 6.00. The normalized spacial score (nSPS) is 20.1. The van der Waals surface area contributed by atoms with E-state index in [9.17, 15) is 19.2 Å². The van der Waals surface area contributed by atoms with E-state index in [-0.39, 0.29) is 30.7 Å². The van der Waals surface area contributed by atoms with Gasteiger partial charge in [-0.05, 0) is 43.5 Å². The lowest BCUT2D eigenvalue weighted by Gasteiger charge is -2.34. The fourth-order valence-corrected chi connectivity index (χ4v) is 6.13. The van der Waals surface area contributed by atoms with Crippen molar-refractivity contribution in [2.24, 2.45) is 0 Å². The van der Waals surface area contributed by atoms with Gasteiger partial charge < -0.3 is 19.4 Å². The quantitative estimate of drug-likeness (QED) is 0.297. The van der Waals surface area contributed by atoms with Crippen LogP contribution in [0.1, 0.15) is 66.4 Å². The molecule has 0 aliphatic carbocycles. The minimum absolute atomic E-state index is 0.0730. The predicted octanol–water partition coefficient (Wildman–Crippen LogP) is 4.09. The summed E-state index contributed by atoms with van der Waals surface area (Å²) in [5.41, 5.74) is 1.40. The molecule has 10 heteroatoms. The van der Waals surface area contributed by atoms with Crippen molar-refractivity contribution in [3.05, 3.63) is 75.6 Å². The molecule has 5 rings (SSSR count). The minimum Gasteiger partial charge on any atom is -0.493 e. The number of halogens is 1.